The summed E-state index contributed by atoms with van der Waals surface area (Å²) in [6, 6.07) is 15.6. The molecule has 23 heavy (non-hydrogen) atoms. The van der Waals surface area contributed by atoms with Crippen LogP contribution in [0.5, 0.6) is 0 Å². The first-order valence-corrected chi connectivity index (χ1v) is 8.09. The third kappa shape index (κ3) is 2.64. The van der Waals surface area contributed by atoms with Crippen LogP contribution in [-0.4, -0.2) is 23.2 Å². The average molecular weight is 308 g/mol. The van der Waals surface area contributed by atoms with E-state index in [9.17, 15) is 9.90 Å². The first-order chi connectivity index (χ1) is 11.2. The Labute approximate surface area is 135 Å². The summed E-state index contributed by atoms with van der Waals surface area (Å²) >= 11 is 0. The highest BCUT2D eigenvalue weighted by atomic mass is 16.3. The summed E-state index contributed by atoms with van der Waals surface area (Å²) in [7, 11) is 0. The number of nitrogens with one attached hydrogen (secondary N) is 2. The zero-order valence-electron chi connectivity index (χ0n) is 12.8. The molecule has 1 unspecified atom stereocenters. The Morgan fingerprint density at radius 3 is 2.52 bits per heavy atom. The Hall–Kier alpha value is -2.17. The van der Waals surface area contributed by atoms with Crippen molar-refractivity contribution in [3.8, 4) is 0 Å². The molecule has 3 N–H and O–H groups in total. The minimum absolute atomic E-state index is 0.0414. The van der Waals surface area contributed by atoms with Gasteiger partial charge in [0.2, 0.25) is 5.91 Å². The van der Waals surface area contributed by atoms with Crippen molar-refractivity contribution in [3.63, 3.8) is 0 Å². The fourth-order valence-electron chi connectivity index (χ4n) is 3.64. The first-order valence-electron chi connectivity index (χ1n) is 8.09. The van der Waals surface area contributed by atoms with E-state index in [0.29, 0.717) is 19.4 Å². The molecule has 4 nitrogen and oxygen atoms in total. The van der Waals surface area contributed by atoms with Crippen LogP contribution in [-0.2, 0) is 24.2 Å². The number of benzene rings is 2. The van der Waals surface area contributed by atoms with Crippen LogP contribution in [0.3, 0.4) is 0 Å². The number of aliphatic hydroxyl groups is 1. The maximum Gasteiger partial charge on any atom is 0.238 e. The van der Waals surface area contributed by atoms with E-state index in [1.807, 2.05) is 36.4 Å². The minimum Gasteiger partial charge on any atom is -0.390 e. The fourth-order valence-corrected chi connectivity index (χ4v) is 3.64. The molecule has 2 aromatic carbocycles. The third-order valence-corrected chi connectivity index (χ3v) is 4.90. The molecule has 1 aliphatic carbocycles. The van der Waals surface area contributed by atoms with Crippen LogP contribution in [0.1, 0.15) is 28.3 Å². The van der Waals surface area contributed by atoms with Gasteiger partial charge in [-0.25, -0.2) is 0 Å². The van der Waals surface area contributed by atoms with Crippen LogP contribution in [0.2, 0.25) is 0 Å². The molecule has 3 atom stereocenters. The van der Waals surface area contributed by atoms with Gasteiger partial charge in [0, 0.05) is 13.0 Å². The van der Waals surface area contributed by atoms with Crippen LogP contribution in [0.15, 0.2) is 48.5 Å². The van der Waals surface area contributed by atoms with E-state index in [-0.39, 0.29) is 18.0 Å². The molecule has 1 amide bonds. The highest BCUT2D eigenvalue weighted by Crippen LogP contribution is 2.31. The van der Waals surface area contributed by atoms with E-state index in [2.05, 4.69) is 22.8 Å². The summed E-state index contributed by atoms with van der Waals surface area (Å²) in [5, 5.41) is 16.6. The van der Waals surface area contributed by atoms with Gasteiger partial charge >= 0.3 is 0 Å². The van der Waals surface area contributed by atoms with Crippen molar-refractivity contribution in [2.24, 2.45) is 0 Å². The molecule has 4 heteroatoms. The lowest BCUT2D eigenvalue weighted by Crippen LogP contribution is -2.49. The van der Waals surface area contributed by atoms with E-state index < -0.39 is 6.10 Å². The monoisotopic (exact) mass is 308 g/mol. The number of aliphatic hydroxyl groups excluding tert-OH is 1. The fraction of sp³-hybridized carbons (Fsp3) is 0.316. The summed E-state index contributed by atoms with van der Waals surface area (Å²) in [6.07, 6.45) is 0.737. The molecule has 0 saturated carbocycles. The minimum atomic E-state index is -0.549. The zero-order valence-corrected chi connectivity index (χ0v) is 12.8. The van der Waals surface area contributed by atoms with Crippen LogP contribution in [0, 0.1) is 0 Å². The molecule has 2 aromatic rings. The van der Waals surface area contributed by atoms with E-state index in [1.165, 1.54) is 11.1 Å². The van der Waals surface area contributed by atoms with Gasteiger partial charge in [-0.2, -0.15) is 0 Å². The number of fused-ring (bicyclic) bond motifs is 2. The Bertz CT molecular complexity index is 744. The standard InChI is InChI=1S/C19H20N2O2/c22-17-10-13-6-3-4-8-15(13)18(17)21-19(23)16-9-12-5-1-2-7-14(12)11-20-16/h1-8,16-18,20,22H,9-11H2,(H,21,23)/t16?,17-,18+/m1/s1. The normalized spacial score (nSPS) is 25.5. The number of amides is 1. The van der Waals surface area contributed by atoms with E-state index in [0.717, 1.165) is 11.1 Å². The summed E-state index contributed by atoms with van der Waals surface area (Å²) in [5.74, 6) is -0.0414. The van der Waals surface area contributed by atoms with E-state index >= 15 is 0 Å². The maximum atomic E-state index is 12.6. The van der Waals surface area contributed by atoms with Crippen molar-refractivity contribution in [2.75, 3.05) is 0 Å². The van der Waals surface area contributed by atoms with Crippen molar-refractivity contribution in [3.05, 3.63) is 70.8 Å². The van der Waals surface area contributed by atoms with Gasteiger partial charge in [0.25, 0.3) is 0 Å². The van der Waals surface area contributed by atoms with Crippen LogP contribution < -0.4 is 10.6 Å². The molecule has 0 aromatic heterocycles. The molecule has 0 radical (unpaired) electrons. The quantitative estimate of drug-likeness (QED) is 0.787. The van der Waals surface area contributed by atoms with Gasteiger partial charge in [-0.05, 0) is 28.7 Å². The molecular formula is C19H20N2O2. The molecule has 4 rings (SSSR count). The number of carbonyl (C=O) groups excluding carboxylic acids is 1. The summed E-state index contributed by atoms with van der Waals surface area (Å²) < 4.78 is 0. The number of hydrogen-bond acceptors (Lipinski definition) is 3. The second-order valence-electron chi connectivity index (χ2n) is 6.36. The molecule has 0 saturated heterocycles. The molecule has 2 aliphatic rings. The van der Waals surface area contributed by atoms with Crippen molar-refractivity contribution in [1.29, 1.82) is 0 Å². The van der Waals surface area contributed by atoms with Crippen molar-refractivity contribution >= 4 is 5.91 Å². The van der Waals surface area contributed by atoms with Gasteiger partial charge in [0.15, 0.2) is 0 Å². The highest BCUT2D eigenvalue weighted by molar-refractivity contribution is 5.83. The van der Waals surface area contributed by atoms with Gasteiger partial charge in [0.05, 0.1) is 18.2 Å². The van der Waals surface area contributed by atoms with Gasteiger partial charge in [-0.1, -0.05) is 48.5 Å². The van der Waals surface area contributed by atoms with Crippen molar-refractivity contribution in [1.82, 2.24) is 10.6 Å². The van der Waals surface area contributed by atoms with Crippen molar-refractivity contribution in [2.45, 2.75) is 37.6 Å². The molecule has 1 heterocycles. The SMILES string of the molecule is O=C(N[C@H]1c2ccccc2C[C@H]1O)C1Cc2ccccc2CN1. The average Bonchev–Trinajstić information content (AvgIpc) is 2.90. The van der Waals surface area contributed by atoms with Gasteiger partial charge in [-0.15, -0.1) is 0 Å². The number of hydrogen-bond donors (Lipinski definition) is 3. The molecule has 0 bridgehead atoms. The lowest BCUT2D eigenvalue weighted by molar-refractivity contribution is -0.124. The second kappa shape index (κ2) is 5.80. The molecular weight excluding hydrogens is 288 g/mol. The third-order valence-electron chi connectivity index (χ3n) is 4.90. The molecule has 0 spiro atoms. The highest BCUT2D eigenvalue weighted by Gasteiger charge is 2.34. The lowest BCUT2D eigenvalue weighted by atomic mass is 9.95. The summed E-state index contributed by atoms with van der Waals surface area (Å²) in [6.45, 7) is 0.706. The summed E-state index contributed by atoms with van der Waals surface area (Å²) in [5.41, 5.74) is 4.62. The predicted molar refractivity (Wildman–Crippen MR) is 87.8 cm³/mol. The van der Waals surface area contributed by atoms with Gasteiger partial charge in [0.1, 0.15) is 0 Å². The second-order valence-corrected chi connectivity index (χ2v) is 6.36. The molecule has 0 fully saturated rings. The number of rotatable bonds is 2. The van der Waals surface area contributed by atoms with Crippen LogP contribution in [0.25, 0.3) is 0 Å². The zero-order chi connectivity index (χ0) is 15.8. The smallest absolute Gasteiger partial charge is 0.238 e. The maximum absolute atomic E-state index is 12.6. The topological polar surface area (TPSA) is 61.4 Å². The molecule has 118 valence electrons. The Kier molecular flexibility index (Phi) is 3.63. The lowest BCUT2D eigenvalue weighted by Gasteiger charge is -2.27. The number of carbonyl (C=O) groups is 1. The van der Waals surface area contributed by atoms with E-state index in [4.69, 9.17) is 0 Å². The first kappa shape index (κ1) is 14.4. The van der Waals surface area contributed by atoms with Crippen LogP contribution in [0.4, 0.5) is 0 Å². The predicted octanol–water partition coefficient (Wildman–Crippen LogP) is 1.48. The van der Waals surface area contributed by atoms with E-state index in [1.54, 1.807) is 0 Å². The van der Waals surface area contributed by atoms with Crippen LogP contribution >= 0.6 is 0 Å². The van der Waals surface area contributed by atoms with Gasteiger partial charge < -0.3 is 15.7 Å². The Morgan fingerprint density at radius 2 is 1.70 bits per heavy atom. The Balaban J connectivity index is 1.49. The van der Waals surface area contributed by atoms with Gasteiger partial charge in [-0.3, -0.25) is 4.79 Å². The molecule has 1 aliphatic heterocycles. The largest absolute Gasteiger partial charge is 0.390 e. The van der Waals surface area contributed by atoms with Crippen molar-refractivity contribution < 1.29 is 9.90 Å². The Morgan fingerprint density at radius 1 is 1.00 bits per heavy atom. The summed E-state index contributed by atoms with van der Waals surface area (Å²) in [4.78, 5) is 12.6.